The van der Waals surface area contributed by atoms with Gasteiger partial charge in [-0.1, -0.05) is 0 Å². The molecule has 26 heteroatoms. The van der Waals surface area contributed by atoms with Gasteiger partial charge in [0.1, 0.15) is 13.2 Å². The molecule has 2 N–H and O–H groups in total. The summed E-state index contributed by atoms with van der Waals surface area (Å²) in [6.45, 7) is 25.2. The molecular formula is C70H110N4O22. The van der Waals surface area contributed by atoms with Crippen molar-refractivity contribution in [2.24, 2.45) is 0 Å². The van der Waals surface area contributed by atoms with Gasteiger partial charge in [0, 0.05) is 74.5 Å². The van der Waals surface area contributed by atoms with Crippen LogP contribution >= 0.6 is 0 Å². The van der Waals surface area contributed by atoms with Crippen molar-refractivity contribution in [2.45, 2.75) is 79.4 Å². The Bertz CT molecular complexity index is 2900. The minimum atomic E-state index is -0.396. The quantitative estimate of drug-likeness (QED) is 0.0396. The number of methoxy groups -OCH3 is 4. The largest absolute Gasteiger partial charge is 0.463 e. The minimum Gasteiger partial charge on any atom is -0.463 e. The zero-order chi connectivity index (χ0) is 68.8. The first-order chi connectivity index (χ1) is 46.9. The maximum atomic E-state index is 13.5. The third kappa shape index (κ3) is 30.9. The Labute approximate surface area is 567 Å². The van der Waals surface area contributed by atoms with Crippen LogP contribution < -0.4 is 0 Å². The number of nitrogens with one attached hydrogen (secondary N) is 2. The molecule has 2 atom stereocenters. The number of nitrogens with zero attached hydrogens (tertiary/aromatic N) is 2. The molecule has 0 radical (unpaired) electrons. The van der Waals surface area contributed by atoms with Crippen molar-refractivity contribution in [3.63, 3.8) is 0 Å². The monoisotopic (exact) mass is 1360 g/mol. The summed E-state index contributed by atoms with van der Waals surface area (Å²) in [7, 11) is 6.53. The van der Waals surface area contributed by atoms with Gasteiger partial charge in [-0.05, 0) is 112 Å². The smallest absolute Gasteiger partial charge is 0.306 e. The Balaban J connectivity index is 1.46. The van der Waals surface area contributed by atoms with Crippen LogP contribution in [0.25, 0.3) is 44.4 Å². The topological polar surface area (TPSA) is 276 Å². The van der Waals surface area contributed by atoms with Gasteiger partial charge >= 0.3 is 11.9 Å². The highest BCUT2D eigenvalue weighted by Crippen LogP contribution is 2.40. The van der Waals surface area contributed by atoms with Crippen LogP contribution in [0, 0.1) is 13.8 Å². The number of aryl methyl sites for hydroxylation is 2. The molecule has 96 heavy (non-hydrogen) atoms. The summed E-state index contributed by atoms with van der Waals surface area (Å²) in [6, 6.07) is 8.16. The normalized spacial score (nSPS) is 13.2. The average Bonchev–Trinajstić information content (AvgIpc) is 1.62. The van der Waals surface area contributed by atoms with E-state index < -0.39 is 6.10 Å². The molecule has 2 aliphatic heterocycles. The molecule has 2 unspecified atom stereocenters. The van der Waals surface area contributed by atoms with Gasteiger partial charge in [-0.15, -0.1) is 0 Å². The van der Waals surface area contributed by atoms with Gasteiger partial charge in [0.25, 0.3) is 0 Å². The van der Waals surface area contributed by atoms with Gasteiger partial charge in [0.2, 0.25) is 0 Å². The summed E-state index contributed by atoms with van der Waals surface area (Å²) in [4.78, 5) is 45.2. The number of esters is 2. The third-order valence-electron chi connectivity index (χ3n) is 15.5. The van der Waals surface area contributed by atoms with E-state index in [4.69, 9.17) is 105 Å². The lowest BCUT2D eigenvalue weighted by Crippen LogP contribution is -2.14. The first kappa shape index (κ1) is 81.5. The van der Waals surface area contributed by atoms with E-state index in [2.05, 4.69) is 29.9 Å². The molecule has 0 saturated carbocycles. The summed E-state index contributed by atoms with van der Waals surface area (Å²) >= 11 is 0. The molecule has 3 aromatic heterocycles. The molecule has 5 rings (SSSR count). The Kier molecular flexibility index (Phi) is 42.6. The summed E-state index contributed by atoms with van der Waals surface area (Å²) in [5.41, 5.74) is 13.3. The van der Waals surface area contributed by atoms with Crippen LogP contribution in [-0.4, -0.2) is 272 Å². The molecule has 542 valence electrons. The van der Waals surface area contributed by atoms with Crippen LogP contribution in [0.15, 0.2) is 24.3 Å². The predicted octanol–water partition coefficient (Wildman–Crippen LogP) is 8.38. The fraction of sp³-hybridized carbons (Fsp3) is 0.686. The van der Waals surface area contributed by atoms with E-state index in [1.165, 1.54) is 0 Å². The molecule has 8 bridgehead atoms. The summed E-state index contributed by atoms with van der Waals surface area (Å²) in [6.07, 6.45) is 0.0275. The molecule has 0 fully saturated rings. The average molecular weight is 1360 g/mol. The Morgan fingerprint density at radius 3 is 0.906 bits per heavy atom. The van der Waals surface area contributed by atoms with Crippen molar-refractivity contribution in [2.75, 3.05) is 240 Å². The standard InChI is InChI=1S/C70H110N4O22/c1-51-57(11-13-67(75)95-45-41-91-37-33-87-29-25-83-21-17-79-9)63-50-64-58(12-14-68(76)96-46-42-92-38-34-88-30-26-84-22-18-80-10)52(2)60(72-64)48-65-70(56(6)94-44-40-90-36-32-86-28-24-82-20-16-78-8)54(4)62(74-65)49-66-69(53(3)61(73-66)47-59(51)71-63)55(5)93-43-39-89-35-31-85-27-23-81-19-15-77-7/h47-50,55-56,73-74H,11-46H2,1-10H3. The van der Waals surface area contributed by atoms with Gasteiger partial charge in [-0.2, -0.15) is 0 Å². The number of H-pyrrole nitrogens is 2. The zero-order valence-corrected chi connectivity index (χ0v) is 58.8. The fourth-order valence-corrected chi connectivity index (χ4v) is 10.3. The van der Waals surface area contributed by atoms with Gasteiger partial charge in [-0.25, -0.2) is 9.97 Å². The maximum absolute atomic E-state index is 13.5. The Morgan fingerprint density at radius 2 is 0.594 bits per heavy atom. The van der Waals surface area contributed by atoms with Crippen LogP contribution in [0.1, 0.15) is 111 Å². The first-order valence-corrected chi connectivity index (χ1v) is 33.5. The second kappa shape index (κ2) is 50.2. The molecule has 26 nitrogen and oxygen atoms in total. The second-order valence-electron chi connectivity index (χ2n) is 22.3. The number of aromatic nitrogens is 4. The van der Waals surface area contributed by atoms with Crippen LogP contribution in [0.3, 0.4) is 0 Å². The lowest BCUT2D eigenvalue weighted by atomic mass is 9.98. The van der Waals surface area contributed by atoms with Crippen molar-refractivity contribution in [1.29, 1.82) is 0 Å². The molecular weight excluding hydrogens is 1250 g/mol. The number of hydrogen-bond donors (Lipinski definition) is 2. The molecule has 0 spiro atoms. The first-order valence-electron chi connectivity index (χ1n) is 33.5. The highest BCUT2D eigenvalue weighted by molar-refractivity contribution is 5.96. The lowest BCUT2D eigenvalue weighted by molar-refractivity contribution is -0.146. The number of carbonyl (C=O) groups is 2. The predicted molar refractivity (Wildman–Crippen MR) is 362 cm³/mol. The van der Waals surface area contributed by atoms with Crippen molar-refractivity contribution in [3.8, 4) is 0 Å². The van der Waals surface area contributed by atoms with Gasteiger partial charge < -0.3 is 105 Å². The molecule has 0 aliphatic carbocycles. The van der Waals surface area contributed by atoms with E-state index in [0.29, 0.717) is 221 Å². The molecule has 0 amide bonds. The lowest BCUT2D eigenvalue weighted by Gasteiger charge is -2.14. The highest BCUT2D eigenvalue weighted by atomic mass is 16.6. The van der Waals surface area contributed by atoms with Crippen LogP contribution in [0.2, 0.25) is 0 Å². The van der Waals surface area contributed by atoms with E-state index in [1.807, 2.05) is 45.9 Å². The Morgan fingerprint density at radius 1 is 0.333 bits per heavy atom. The molecule has 2 aliphatic rings. The zero-order valence-electron chi connectivity index (χ0n) is 58.8. The van der Waals surface area contributed by atoms with Gasteiger partial charge in [0.05, 0.1) is 233 Å². The SMILES string of the molecule is COCCOCCOCCOCCOC(=O)CCC1=C(C)c2cc3[nH]c(cc4[nH]c(cc5nc(cc1n2)C(CCC(=O)OCCOCCOCCOCCOC)=C5C)c(C(C)OCCOCCOCCOCCOC)c4C)c(C(C)OCCOCCOCCOCCOC)c3C. The van der Waals surface area contributed by atoms with Crippen molar-refractivity contribution in [3.05, 3.63) is 69.3 Å². The number of allylic oxidation sites excluding steroid dienone is 4. The number of aromatic amines is 2. The summed E-state index contributed by atoms with van der Waals surface area (Å²) in [5, 5.41) is 0. The minimum absolute atomic E-state index is 0.0761. The molecule has 0 saturated heterocycles. The van der Waals surface area contributed by atoms with E-state index >= 15 is 0 Å². The van der Waals surface area contributed by atoms with Crippen LogP contribution in [0.5, 0.6) is 0 Å². The summed E-state index contributed by atoms with van der Waals surface area (Å²) < 4.78 is 112. The van der Waals surface area contributed by atoms with E-state index in [-0.39, 0.29) is 57.3 Å². The van der Waals surface area contributed by atoms with Crippen molar-refractivity contribution in [1.82, 2.24) is 19.9 Å². The van der Waals surface area contributed by atoms with Crippen molar-refractivity contribution >= 4 is 56.3 Å². The Hall–Kier alpha value is -5.18. The van der Waals surface area contributed by atoms with Crippen LogP contribution in [0.4, 0.5) is 0 Å². The van der Waals surface area contributed by atoms with E-state index in [9.17, 15) is 9.59 Å². The van der Waals surface area contributed by atoms with E-state index in [1.54, 1.807) is 28.4 Å². The van der Waals surface area contributed by atoms with E-state index in [0.717, 1.165) is 66.6 Å². The highest BCUT2D eigenvalue weighted by Gasteiger charge is 2.25. The number of fused-ring (bicyclic) bond motifs is 8. The third-order valence-corrected chi connectivity index (χ3v) is 15.5. The van der Waals surface area contributed by atoms with Crippen LogP contribution in [-0.2, 0) is 104 Å². The number of carbonyl (C=O) groups excluding carboxylic acids is 2. The fourth-order valence-electron chi connectivity index (χ4n) is 10.3. The molecule has 5 heterocycles. The summed E-state index contributed by atoms with van der Waals surface area (Å²) in [5.74, 6) is -0.760. The number of rotatable bonds is 58. The number of ether oxygens (including phenoxy) is 20. The van der Waals surface area contributed by atoms with Gasteiger partial charge in [-0.3, -0.25) is 9.59 Å². The van der Waals surface area contributed by atoms with Gasteiger partial charge in [0.15, 0.2) is 0 Å². The number of hydrogen-bond acceptors (Lipinski definition) is 24. The van der Waals surface area contributed by atoms with Crippen molar-refractivity contribution < 1.29 is 104 Å². The molecule has 3 aromatic rings. The maximum Gasteiger partial charge on any atom is 0.306 e. The second-order valence-corrected chi connectivity index (χ2v) is 22.3. The molecule has 0 aromatic carbocycles.